The molecular weight excluding hydrogens is 274 g/mol. The normalized spacial score (nSPS) is 11.8. The van der Waals surface area contributed by atoms with E-state index in [4.69, 9.17) is 0 Å². The molecule has 0 aliphatic heterocycles. The predicted octanol–water partition coefficient (Wildman–Crippen LogP) is -1.17. The summed E-state index contributed by atoms with van der Waals surface area (Å²) < 4.78 is 51.6. The van der Waals surface area contributed by atoms with Crippen molar-refractivity contribution in [2.24, 2.45) is 0 Å². The third-order valence-electron chi connectivity index (χ3n) is 1.50. The minimum absolute atomic E-state index is 0.134. The minimum atomic E-state index is -3.96. The van der Waals surface area contributed by atoms with Crippen LogP contribution in [-0.4, -0.2) is 46.7 Å². The van der Waals surface area contributed by atoms with Crippen molar-refractivity contribution in [2.45, 2.75) is 6.92 Å². The number of hydroxylamine groups is 1. The second kappa shape index (κ2) is 6.69. The first-order valence-corrected chi connectivity index (χ1v) is 6.99. The molecule has 0 aliphatic carbocycles. The molecular formula is C7H13NO7S2. The lowest BCUT2D eigenvalue weighted by Gasteiger charge is -2.12. The number of rotatable bonds is 7. The lowest BCUT2D eigenvalue weighted by Crippen LogP contribution is -2.31. The molecule has 0 heterocycles. The van der Waals surface area contributed by atoms with E-state index in [1.807, 2.05) is 0 Å². The van der Waals surface area contributed by atoms with E-state index in [1.165, 1.54) is 6.92 Å². The van der Waals surface area contributed by atoms with Crippen molar-refractivity contribution in [2.75, 3.05) is 19.4 Å². The maximum atomic E-state index is 11.3. The number of nitrogens with zero attached hydrogens (tertiary/aromatic N) is 1. The van der Waals surface area contributed by atoms with Gasteiger partial charge in [0.1, 0.15) is 12.4 Å². The van der Waals surface area contributed by atoms with Crippen LogP contribution in [0.2, 0.25) is 0 Å². The Balaban J connectivity index is 4.28. The van der Waals surface area contributed by atoms with Crippen LogP contribution in [0.15, 0.2) is 12.2 Å². The number of hydrogen-bond donors (Lipinski definition) is 1. The molecule has 0 rings (SSSR count). The summed E-state index contributed by atoms with van der Waals surface area (Å²) in [5, 5.41) is 0. The van der Waals surface area contributed by atoms with Gasteiger partial charge in [-0.2, -0.15) is 4.28 Å². The minimum Gasteiger partial charge on any atom is -0.461 e. The first-order valence-electron chi connectivity index (χ1n) is 4.28. The van der Waals surface area contributed by atoms with E-state index in [9.17, 15) is 21.6 Å². The molecule has 0 aliphatic rings. The molecule has 0 saturated carbocycles. The highest BCUT2D eigenvalue weighted by Gasteiger charge is 2.20. The molecule has 0 bridgehead atoms. The molecule has 0 spiro atoms. The summed E-state index contributed by atoms with van der Waals surface area (Å²) >= 11 is 0. The van der Waals surface area contributed by atoms with Crippen molar-refractivity contribution in [1.29, 1.82) is 0 Å². The third-order valence-corrected chi connectivity index (χ3v) is 3.53. The first kappa shape index (κ1) is 16.0. The summed E-state index contributed by atoms with van der Waals surface area (Å²) in [6, 6.07) is 0. The van der Waals surface area contributed by atoms with Crippen molar-refractivity contribution in [3.05, 3.63) is 12.2 Å². The number of esters is 1. The van der Waals surface area contributed by atoms with Crippen LogP contribution in [0, 0.1) is 0 Å². The summed E-state index contributed by atoms with van der Waals surface area (Å²) in [4.78, 5) is 10.9. The smallest absolute Gasteiger partial charge is 0.333 e. The van der Waals surface area contributed by atoms with Crippen LogP contribution in [0.3, 0.4) is 0 Å². The Labute approximate surface area is 101 Å². The van der Waals surface area contributed by atoms with Crippen molar-refractivity contribution in [3.63, 3.8) is 0 Å². The molecule has 0 aromatic rings. The maximum absolute atomic E-state index is 11.3. The Morgan fingerprint density at radius 3 is 2.35 bits per heavy atom. The SMILES string of the molecule is C=C(C)C(=O)OCCS(=O)(=O)N(C)O[SH](=O)=O. The van der Waals surface area contributed by atoms with Gasteiger partial charge in [-0.05, 0) is 6.92 Å². The highest BCUT2D eigenvalue weighted by molar-refractivity contribution is 7.89. The molecule has 10 heteroatoms. The number of carbonyl (C=O) groups excluding carboxylic acids is 1. The van der Waals surface area contributed by atoms with E-state index >= 15 is 0 Å². The van der Waals surface area contributed by atoms with E-state index in [2.05, 4.69) is 15.6 Å². The van der Waals surface area contributed by atoms with Gasteiger partial charge in [0.15, 0.2) is 0 Å². The van der Waals surface area contributed by atoms with Crippen molar-refractivity contribution >= 4 is 27.0 Å². The lowest BCUT2D eigenvalue weighted by atomic mass is 10.4. The zero-order valence-corrected chi connectivity index (χ0v) is 11.0. The van der Waals surface area contributed by atoms with Crippen molar-refractivity contribution in [3.8, 4) is 0 Å². The second-order valence-corrected chi connectivity index (χ2v) is 5.64. The zero-order valence-electron chi connectivity index (χ0n) is 9.28. The molecule has 100 valence electrons. The predicted molar refractivity (Wildman–Crippen MR) is 58.7 cm³/mol. The van der Waals surface area contributed by atoms with Gasteiger partial charge in [-0.3, -0.25) is 0 Å². The van der Waals surface area contributed by atoms with Crippen LogP contribution in [0.1, 0.15) is 6.92 Å². The Hall–Kier alpha value is -0.970. The summed E-state index contributed by atoms with van der Waals surface area (Å²) in [6.45, 7) is 4.30. The number of ether oxygens (including phenoxy) is 1. The fourth-order valence-electron chi connectivity index (χ4n) is 0.636. The quantitative estimate of drug-likeness (QED) is 0.272. The van der Waals surface area contributed by atoms with E-state index in [0.717, 1.165) is 7.05 Å². The summed E-state index contributed by atoms with van der Waals surface area (Å²) in [5.41, 5.74) is 0.134. The molecule has 0 saturated heterocycles. The van der Waals surface area contributed by atoms with Crippen LogP contribution >= 0.6 is 0 Å². The van der Waals surface area contributed by atoms with Crippen LogP contribution in [0.25, 0.3) is 0 Å². The molecule has 0 atom stereocenters. The monoisotopic (exact) mass is 287 g/mol. The van der Waals surface area contributed by atoms with Crippen molar-refractivity contribution < 1.29 is 30.7 Å². The van der Waals surface area contributed by atoms with Gasteiger partial charge in [-0.25, -0.2) is 21.6 Å². The molecule has 0 radical (unpaired) electrons. The molecule has 0 N–H and O–H groups in total. The number of hydrogen-bond acceptors (Lipinski definition) is 7. The largest absolute Gasteiger partial charge is 0.461 e. The number of sulfonamides is 1. The topological polar surface area (TPSA) is 107 Å². The van der Waals surface area contributed by atoms with E-state index < -0.39 is 39.3 Å². The average molecular weight is 287 g/mol. The molecule has 17 heavy (non-hydrogen) atoms. The van der Waals surface area contributed by atoms with Gasteiger partial charge in [0, 0.05) is 12.6 Å². The first-order chi connectivity index (χ1) is 7.66. The standard InChI is InChI=1S/C7H13NO7S2/c1-6(2)7(9)14-4-5-17(12,13)8(3)15-16(10)11/h16H,1,4-5H2,2-3H3. The van der Waals surface area contributed by atoms with Gasteiger partial charge in [0.05, 0.1) is 0 Å². The molecule has 0 fully saturated rings. The van der Waals surface area contributed by atoms with Gasteiger partial charge in [-0.1, -0.05) is 11.0 Å². The van der Waals surface area contributed by atoms with Gasteiger partial charge < -0.3 is 4.74 Å². The average Bonchev–Trinajstić information content (AvgIpc) is 2.15. The van der Waals surface area contributed by atoms with E-state index in [1.54, 1.807) is 0 Å². The summed E-state index contributed by atoms with van der Waals surface area (Å²) in [7, 11) is -6.36. The Morgan fingerprint density at radius 1 is 1.41 bits per heavy atom. The highest BCUT2D eigenvalue weighted by atomic mass is 32.2. The van der Waals surface area contributed by atoms with E-state index in [0.29, 0.717) is 0 Å². The lowest BCUT2D eigenvalue weighted by molar-refractivity contribution is -0.138. The Kier molecular flexibility index (Phi) is 6.31. The molecule has 8 nitrogen and oxygen atoms in total. The van der Waals surface area contributed by atoms with Gasteiger partial charge >= 0.3 is 5.97 Å². The van der Waals surface area contributed by atoms with Gasteiger partial charge in [-0.15, -0.1) is 0 Å². The fourth-order valence-corrected chi connectivity index (χ4v) is 1.94. The molecule has 0 amide bonds. The summed E-state index contributed by atoms with van der Waals surface area (Å²) in [6.07, 6.45) is 0. The van der Waals surface area contributed by atoms with Crippen LogP contribution < -0.4 is 0 Å². The van der Waals surface area contributed by atoms with Crippen molar-refractivity contribution in [1.82, 2.24) is 4.47 Å². The van der Waals surface area contributed by atoms with Gasteiger partial charge in [0.25, 0.3) is 11.0 Å². The Morgan fingerprint density at radius 2 is 1.94 bits per heavy atom. The van der Waals surface area contributed by atoms with Crippen LogP contribution in [0.5, 0.6) is 0 Å². The van der Waals surface area contributed by atoms with Crippen LogP contribution in [0.4, 0.5) is 0 Å². The highest BCUT2D eigenvalue weighted by Crippen LogP contribution is 2.00. The van der Waals surface area contributed by atoms with E-state index in [-0.39, 0.29) is 10.0 Å². The van der Waals surface area contributed by atoms with Gasteiger partial charge in [0.2, 0.25) is 10.0 Å². The number of carbonyl (C=O) groups is 1. The molecule has 0 aromatic carbocycles. The summed E-state index contributed by atoms with van der Waals surface area (Å²) in [5.74, 6) is -1.32. The Bertz CT molecular complexity index is 457. The molecule has 0 aromatic heterocycles. The fraction of sp³-hybridized carbons (Fsp3) is 0.571. The maximum Gasteiger partial charge on any atom is 0.333 e. The molecule has 0 unspecified atom stereocenters. The van der Waals surface area contributed by atoms with Crippen LogP contribution in [-0.2, 0) is 34.8 Å². The number of thiol groups is 1. The zero-order chi connectivity index (χ0) is 13.6. The third kappa shape index (κ3) is 6.36. The second-order valence-electron chi connectivity index (χ2n) is 2.95.